The summed E-state index contributed by atoms with van der Waals surface area (Å²) in [6.45, 7) is 1.86. The van der Waals surface area contributed by atoms with Crippen molar-refractivity contribution in [3.63, 3.8) is 0 Å². The van der Waals surface area contributed by atoms with E-state index in [1.807, 2.05) is 31.2 Å². The van der Waals surface area contributed by atoms with E-state index in [9.17, 15) is 9.18 Å². The Morgan fingerprint density at radius 2 is 1.62 bits per heavy atom. The maximum atomic E-state index is 12.9. The fourth-order valence-corrected chi connectivity index (χ4v) is 2.45. The van der Waals surface area contributed by atoms with Crippen LogP contribution in [0.2, 0.25) is 0 Å². The summed E-state index contributed by atoms with van der Waals surface area (Å²) < 4.78 is 23.1. The predicted octanol–water partition coefficient (Wildman–Crippen LogP) is 3.28. The molecule has 0 aromatic heterocycles. The molecule has 2 unspecified atom stereocenters. The fraction of sp³-hybridized carbons (Fsp3) is 0.235. The van der Waals surface area contributed by atoms with E-state index in [1.54, 1.807) is 12.1 Å². The van der Waals surface area contributed by atoms with E-state index in [1.165, 1.54) is 19.2 Å². The summed E-state index contributed by atoms with van der Waals surface area (Å²) in [6, 6.07) is 14.0. The van der Waals surface area contributed by atoms with Crippen LogP contribution in [0.3, 0.4) is 0 Å². The van der Waals surface area contributed by atoms with E-state index in [0.717, 1.165) is 16.7 Å². The molecular weight excluding hydrogens is 271 g/mol. The van der Waals surface area contributed by atoms with Crippen LogP contribution >= 0.6 is 0 Å². The van der Waals surface area contributed by atoms with Crippen LogP contribution in [0.25, 0.3) is 11.1 Å². The van der Waals surface area contributed by atoms with Crippen molar-refractivity contribution in [3.8, 4) is 11.1 Å². The average molecular weight is 286 g/mol. The first-order valence-electron chi connectivity index (χ1n) is 6.67. The molecule has 1 heterocycles. The van der Waals surface area contributed by atoms with Crippen molar-refractivity contribution >= 4 is 5.97 Å². The number of hydrogen-bond acceptors (Lipinski definition) is 3. The quantitative estimate of drug-likeness (QED) is 0.642. The molecule has 0 aliphatic carbocycles. The highest BCUT2D eigenvalue weighted by Gasteiger charge is 2.59. The first-order chi connectivity index (χ1) is 10.0. The molecule has 2 atom stereocenters. The summed E-state index contributed by atoms with van der Waals surface area (Å²) in [6.07, 6.45) is -0.542. The maximum Gasteiger partial charge on any atom is 0.338 e. The minimum Gasteiger partial charge on any atom is -0.467 e. The highest BCUT2D eigenvalue weighted by molar-refractivity contribution is 5.79. The molecule has 2 aromatic carbocycles. The van der Waals surface area contributed by atoms with Gasteiger partial charge in [-0.15, -0.1) is 0 Å². The second-order valence-electron chi connectivity index (χ2n) is 5.21. The molecule has 4 heteroatoms. The summed E-state index contributed by atoms with van der Waals surface area (Å²) in [7, 11) is 1.35. The fourth-order valence-electron chi connectivity index (χ4n) is 2.45. The molecule has 0 N–H and O–H groups in total. The van der Waals surface area contributed by atoms with Gasteiger partial charge in [0, 0.05) is 0 Å². The summed E-state index contributed by atoms with van der Waals surface area (Å²) >= 11 is 0. The van der Waals surface area contributed by atoms with E-state index >= 15 is 0 Å². The number of halogens is 1. The molecule has 21 heavy (non-hydrogen) atoms. The monoisotopic (exact) mass is 286 g/mol. The molecule has 0 bridgehead atoms. The van der Waals surface area contributed by atoms with Crippen LogP contribution in [0.15, 0.2) is 48.5 Å². The van der Waals surface area contributed by atoms with Crippen LogP contribution < -0.4 is 0 Å². The van der Waals surface area contributed by atoms with Gasteiger partial charge in [0.05, 0.1) is 7.11 Å². The number of methoxy groups -OCH3 is 1. The minimum atomic E-state index is -0.617. The Bertz CT molecular complexity index is 663. The lowest BCUT2D eigenvalue weighted by molar-refractivity contribution is -0.142. The summed E-state index contributed by atoms with van der Waals surface area (Å²) in [5.74, 6) is -0.615. The summed E-state index contributed by atoms with van der Waals surface area (Å²) in [4.78, 5) is 11.5. The van der Waals surface area contributed by atoms with Gasteiger partial charge in [0.2, 0.25) is 0 Å². The van der Waals surface area contributed by atoms with Gasteiger partial charge in [-0.3, -0.25) is 0 Å². The molecule has 0 radical (unpaired) electrons. The summed E-state index contributed by atoms with van der Waals surface area (Å²) in [5.41, 5.74) is 2.23. The Labute approximate surface area is 122 Å². The number of rotatable bonds is 3. The largest absolute Gasteiger partial charge is 0.467 e. The van der Waals surface area contributed by atoms with Crippen LogP contribution in [0.4, 0.5) is 4.39 Å². The van der Waals surface area contributed by atoms with Crippen LogP contribution in [-0.2, 0) is 19.9 Å². The van der Waals surface area contributed by atoms with Crippen LogP contribution in [-0.4, -0.2) is 19.2 Å². The lowest BCUT2D eigenvalue weighted by atomic mass is 9.95. The molecule has 1 saturated heterocycles. The number of ether oxygens (including phenoxy) is 2. The minimum absolute atomic E-state index is 0.254. The van der Waals surface area contributed by atoms with Crippen molar-refractivity contribution in [3.05, 3.63) is 59.9 Å². The Morgan fingerprint density at radius 3 is 2.14 bits per heavy atom. The van der Waals surface area contributed by atoms with Crippen molar-refractivity contribution in [2.75, 3.05) is 7.11 Å². The van der Waals surface area contributed by atoms with Gasteiger partial charge in [-0.25, -0.2) is 9.18 Å². The van der Waals surface area contributed by atoms with Crippen LogP contribution in [0.5, 0.6) is 0 Å². The van der Waals surface area contributed by atoms with Gasteiger partial charge >= 0.3 is 5.97 Å². The number of hydrogen-bond donors (Lipinski definition) is 0. The molecule has 3 nitrogen and oxygen atoms in total. The van der Waals surface area contributed by atoms with Gasteiger partial charge in [-0.1, -0.05) is 36.4 Å². The number of benzene rings is 2. The molecular formula is C17H15FO3. The highest BCUT2D eigenvalue weighted by Crippen LogP contribution is 2.46. The molecule has 2 aromatic rings. The average Bonchev–Trinajstić information content (AvgIpc) is 3.21. The van der Waals surface area contributed by atoms with Gasteiger partial charge in [-0.2, -0.15) is 0 Å². The van der Waals surface area contributed by atoms with E-state index in [0.29, 0.717) is 0 Å². The molecule has 1 aliphatic heterocycles. The second kappa shape index (κ2) is 4.97. The lowest BCUT2D eigenvalue weighted by Gasteiger charge is -2.08. The normalized spacial score (nSPS) is 23.7. The standard InChI is InChI=1S/C17H15FO3/c1-17(15(21-17)16(19)20-2)13-7-3-11(4-8-13)12-5-9-14(18)10-6-12/h3-10,15H,1-2H3. The number of esters is 1. The first kappa shape index (κ1) is 13.8. The zero-order valence-corrected chi connectivity index (χ0v) is 11.8. The predicted molar refractivity (Wildman–Crippen MR) is 76.1 cm³/mol. The third-order valence-corrected chi connectivity index (χ3v) is 3.86. The van der Waals surface area contributed by atoms with Gasteiger partial charge in [0.25, 0.3) is 0 Å². The second-order valence-corrected chi connectivity index (χ2v) is 5.21. The van der Waals surface area contributed by atoms with E-state index in [4.69, 9.17) is 9.47 Å². The first-order valence-corrected chi connectivity index (χ1v) is 6.67. The zero-order chi connectivity index (χ0) is 15.0. The van der Waals surface area contributed by atoms with Gasteiger partial charge in [0.1, 0.15) is 11.4 Å². The molecule has 108 valence electrons. The number of epoxide rings is 1. The smallest absolute Gasteiger partial charge is 0.338 e. The van der Waals surface area contributed by atoms with Gasteiger partial charge in [0.15, 0.2) is 6.10 Å². The molecule has 1 aliphatic rings. The third-order valence-electron chi connectivity index (χ3n) is 3.86. The van der Waals surface area contributed by atoms with Crippen LogP contribution in [0, 0.1) is 5.82 Å². The Hall–Kier alpha value is -2.20. The topological polar surface area (TPSA) is 38.8 Å². The van der Waals surface area contributed by atoms with Gasteiger partial charge in [-0.05, 0) is 35.7 Å². The SMILES string of the molecule is COC(=O)C1OC1(C)c1ccc(-c2ccc(F)cc2)cc1. The zero-order valence-electron chi connectivity index (χ0n) is 11.8. The molecule has 0 saturated carbocycles. The van der Waals surface area contributed by atoms with E-state index in [-0.39, 0.29) is 11.8 Å². The van der Waals surface area contributed by atoms with Crippen molar-refractivity contribution in [1.82, 2.24) is 0 Å². The molecule has 1 fully saturated rings. The Balaban J connectivity index is 1.82. The molecule has 0 amide bonds. The number of carbonyl (C=O) groups excluding carboxylic acids is 1. The van der Waals surface area contributed by atoms with E-state index in [2.05, 4.69) is 0 Å². The lowest BCUT2D eigenvalue weighted by Crippen LogP contribution is -2.17. The van der Waals surface area contributed by atoms with Gasteiger partial charge < -0.3 is 9.47 Å². The van der Waals surface area contributed by atoms with Crippen molar-refractivity contribution in [2.24, 2.45) is 0 Å². The van der Waals surface area contributed by atoms with Crippen molar-refractivity contribution in [1.29, 1.82) is 0 Å². The molecule has 3 rings (SSSR count). The Morgan fingerprint density at radius 1 is 1.10 bits per heavy atom. The van der Waals surface area contributed by atoms with Crippen molar-refractivity contribution < 1.29 is 18.7 Å². The summed E-state index contributed by atoms with van der Waals surface area (Å²) in [5, 5.41) is 0. The Kier molecular flexibility index (Phi) is 3.26. The van der Waals surface area contributed by atoms with Crippen LogP contribution in [0.1, 0.15) is 12.5 Å². The van der Waals surface area contributed by atoms with E-state index < -0.39 is 11.7 Å². The molecule has 0 spiro atoms. The maximum absolute atomic E-state index is 12.9. The number of carbonyl (C=O) groups is 1. The van der Waals surface area contributed by atoms with Crippen molar-refractivity contribution in [2.45, 2.75) is 18.6 Å². The highest BCUT2D eigenvalue weighted by atomic mass is 19.1. The third kappa shape index (κ3) is 2.43.